The van der Waals surface area contributed by atoms with Gasteiger partial charge >= 0.3 is 0 Å². The van der Waals surface area contributed by atoms with Gasteiger partial charge in [-0.05, 0) is 50.3 Å². The summed E-state index contributed by atoms with van der Waals surface area (Å²) in [5, 5.41) is 10.5. The number of benzene rings is 1. The van der Waals surface area contributed by atoms with E-state index in [0.29, 0.717) is 25.4 Å². The van der Waals surface area contributed by atoms with Gasteiger partial charge in [-0.15, -0.1) is 0 Å². The molecule has 9 heteroatoms. The van der Waals surface area contributed by atoms with Crippen LogP contribution in [0.1, 0.15) is 92.3 Å². The SMILES string of the molecule is CCCCOc1ccc(CNC(=O)c2cc3n(n2)CC(C)(C(=O)NC2CCCC2)N(CCC)C3=O)cc1. The van der Waals surface area contributed by atoms with E-state index in [1.165, 1.54) is 10.7 Å². The Hall–Kier alpha value is -3.36. The first-order valence-electron chi connectivity index (χ1n) is 13.6. The summed E-state index contributed by atoms with van der Waals surface area (Å²) in [4.78, 5) is 41.4. The van der Waals surface area contributed by atoms with Gasteiger partial charge in [-0.2, -0.15) is 5.10 Å². The second-order valence-corrected chi connectivity index (χ2v) is 10.3. The number of carbonyl (C=O) groups is 3. The number of ether oxygens (including phenoxy) is 1. The first-order chi connectivity index (χ1) is 17.9. The molecule has 1 saturated carbocycles. The third kappa shape index (κ3) is 5.97. The average molecular weight is 510 g/mol. The van der Waals surface area contributed by atoms with Crippen LogP contribution in [0.2, 0.25) is 0 Å². The third-order valence-corrected chi connectivity index (χ3v) is 7.30. The quantitative estimate of drug-likeness (QED) is 0.450. The van der Waals surface area contributed by atoms with Gasteiger partial charge in [0.25, 0.3) is 11.8 Å². The molecule has 2 heterocycles. The Morgan fingerprint density at radius 2 is 1.86 bits per heavy atom. The standard InChI is InChI=1S/C28H39N5O4/c1-4-6-16-37-22-13-11-20(12-14-22)18-29-25(34)23-17-24-26(35)32(15-5-2)28(3,19-33(24)31-23)27(36)30-21-9-7-8-10-21/h11-14,17,21H,4-10,15-16,18-19H2,1-3H3,(H,29,34)(H,30,36). The fraction of sp³-hybridized carbons (Fsp3) is 0.571. The smallest absolute Gasteiger partial charge is 0.273 e. The molecule has 2 N–H and O–H groups in total. The monoisotopic (exact) mass is 509 g/mol. The molecule has 200 valence electrons. The number of fused-ring (bicyclic) bond motifs is 1. The molecule has 0 bridgehead atoms. The van der Waals surface area contributed by atoms with E-state index in [2.05, 4.69) is 22.7 Å². The van der Waals surface area contributed by atoms with E-state index in [0.717, 1.165) is 56.3 Å². The summed E-state index contributed by atoms with van der Waals surface area (Å²) in [6, 6.07) is 9.30. The summed E-state index contributed by atoms with van der Waals surface area (Å²) in [7, 11) is 0. The maximum absolute atomic E-state index is 13.4. The molecule has 1 aromatic carbocycles. The predicted octanol–water partition coefficient (Wildman–Crippen LogP) is 3.68. The molecule has 37 heavy (non-hydrogen) atoms. The van der Waals surface area contributed by atoms with E-state index in [1.807, 2.05) is 31.2 Å². The fourth-order valence-corrected chi connectivity index (χ4v) is 5.05. The number of hydrogen-bond acceptors (Lipinski definition) is 5. The molecule has 9 nitrogen and oxygen atoms in total. The van der Waals surface area contributed by atoms with Crippen LogP contribution in [0.4, 0.5) is 0 Å². The molecule has 4 rings (SSSR count). The number of unbranched alkanes of at least 4 members (excludes halogenated alkanes) is 1. The van der Waals surface area contributed by atoms with Gasteiger partial charge in [-0.25, -0.2) is 0 Å². The molecule has 3 amide bonds. The minimum atomic E-state index is -1.07. The van der Waals surface area contributed by atoms with Crippen LogP contribution in [0.15, 0.2) is 30.3 Å². The van der Waals surface area contributed by atoms with Crippen molar-refractivity contribution in [2.24, 2.45) is 0 Å². The molecule has 1 aliphatic heterocycles. The van der Waals surface area contributed by atoms with Crippen molar-refractivity contribution in [1.82, 2.24) is 25.3 Å². The normalized spacial score (nSPS) is 19.5. The zero-order valence-corrected chi connectivity index (χ0v) is 22.2. The lowest BCUT2D eigenvalue weighted by molar-refractivity contribution is -0.133. The van der Waals surface area contributed by atoms with Gasteiger partial charge in [0.1, 0.15) is 17.0 Å². The molecule has 1 aromatic heterocycles. The number of hydrogen-bond donors (Lipinski definition) is 2. The molecule has 0 spiro atoms. The highest BCUT2D eigenvalue weighted by atomic mass is 16.5. The van der Waals surface area contributed by atoms with Gasteiger partial charge in [0, 0.05) is 25.2 Å². The molecule has 2 aliphatic rings. The summed E-state index contributed by atoms with van der Waals surface area (Å²) in [6.45, 7) is 7.58. The number of carbonyl (C=O) groups excluding carboxylic acids is 3. The van der Waals surface area contributed by atoms with Gasteiger partial charge in [-0.3, -0.25) is 19.1 Å². The van der Waals surface area contributed by atoms with Crippen LogP contribution in [0.25, 0.3) is 0 Å². The van der Waals surface area contributed by atoms with Crippen LogP contribution in [0, 0.1) is 0 Å². The van der Waals surface area contributed by atoms with E-state index in [-0.39, 0.29) is 36.0 Å². The van der Waals surface area contributed by atoms with Crippen LogP contribution in [-0.2, 0) is 17.9 Å². The van der Waals surface area contributed by atoms with Crippen LogP contribution in [-0.4, -0.2) is 57.1 Å². The second-order valence-electron chi connectivity index (χ2n) is 10.3. The second kappa shape index (κ2) is 11.8. The summed E-state index contributed by atoms with van der Waals surface area (Å²) in [5.41, 5.74) is 0.364. The van der Waals surface area contributed by atoms with Crippen LogP contribution in [0.3, 0.4) is 0 Å². The Labute approximate surface area is 218 Å². The molecule has 1 fully saturated rings. The zero-order chi connectivity index (χ0) is 26.4. The number of amides is 3. The van der Waals surface area contributed by atoms with Crippen molar-refractivity contribution in [3.8, 4) is 5.75 Å². The first kappa shape index (κ1) is 26.7. The van der Waals surface area contributed by atoms with E-state index < -0.39 is 5.54 Å². The van der Waals surface area contributed by atoms with Gasteiger partial charge in [0.15, 0.2) is 5.69 Å². The molecule has 2 aromatic rings. The zero-order valence-electron chi connectivity index (χ0n) is 22.2. The molecule has 1 aliphatic carbocycles. The maximum atomic E-state index is 13.4. The van der Waals surface area contributed by atoms with Crippen LogP contribution < -0.4 is 15.4 Å². The largest absolute Gasteiger partial charge is 0.494 e. The molecular formula is C28H39N5O4. The van der Waals surface area contributed by atoms with Crippen molar-refractivity contribution < 1.29 is 19.1 Å². The summed E-state index contributed by atoms with van der Waals surface area (Å²) in [5.74, 6) is 0.00967. The van der Waals surface area contributed by atoms with Gasteiger partial charge in [-0.1, -0.05) is 45.2 Å². The highest BCUT2D eigenvalue weighted by Crippen LogP contribution is 2.29. The first-order valence-corrected chi connectivity index (χ1v) is 13.6. The third-order valence-electron chi connectivity index (χ3n) is 7.30. The van der Waals surface area contributed by atoms with Crippen molar-refractivity contribution in [2.75, 3.05) is 13.2 Å². The lowest BCUT2D eigenvalue weighted by atomic mass is 9.94. The summed E-state index contributed by atoms with van der Waals surface area (Å²) < 4.78 is 7.20. The van der Waals surface area contributed by atoms with Gasteiger partial charge < -0.3 is 20.3 Å². The Morgan fingerprint density at radius 1 is 1.14 bits per heavy atom. The van der Waals surface area contributed by atoms with Crippen molar-refractivity contribution >= 4 is 17.7 Å². The topological polar surface area (TPSA) is 106 Å². The van der Waals surface area contributed by atoms with E-state index >= 15 is 0 Å². The molecule has 0 radical (unpaired) electrons. The van der Waals surface area contributed by atoms with Crippen molar-refractivity contribution in [2.45, 2.75) is 90.4 Å². The Balaban J connectivity index is 1.43. The average Bonchev–Trinajstić information content (AvgIpc) is 3.56. The van der Waals surface area contributed by atoms with Crippen molar-refractivity contribution in [3.63, 3.8) is 0 Å². The van der Waals surface area contributed by atoms with Crippen molar-refractivity contribution in [3.05, 3.63) is 47.3 Å². The maximum Gasteiger partial charge on any atom is 0.273 e. The van der Waals surface area contributed by atoms with E-state index in [1.54, 1.807) is 11.8 Å². The van der Waals surface area contributed by atoms with Crippen molar-refractivity contribution in [1.29, 1.82) is 0 Å². The summed E-state index contributed by atoms with van der Waals surface area (Å²) >= 11 is 0. The van der Waals surface area contributed by atoms with Crippen LogP contribution >= 0.6 is 0 Å². The van der Waals surface area contributed by atoms with Gasteiger partial charge in [0.2, 0.25) is 5.91 Å². The number of rotatable bonds is 11. The Morgan fingerprint density at radius 3 is 2.54 bits per heavy atom. The number of aromatic nitrogens is 2. The van der Waals surface area contributed by atoms with E-state index in [4.69, 9.17) is 4.74 Å². The highest BCUT2D eigenvalue weighted by Gasteiger charge is 2.48. The Kier molecular flexibility index (Phi) is 8.51. The molecule has 1 atom stereocenters. The number of nitrogens with zero attached hydrogens (tertiary/aromatic N) is 3. The minimum absolute atomic E-state index is 0.153. The predicted molar refractivity (Wildman–Crippen MR) is 140 cm³/mol. The Bertz CT molecular complexity index is 1110. The highest BCUT2D eigenvalue weighted by molar-refractivity contribution is 6.01. The van der Waals surface area contributed by atoms with E-state index in [9.17, 15) is 14.4 Å². The van der Waals surface area contributed by atoms with Gasteiger partial charge in [0.05, 0.1) is 13.2 Å². The van der Waals surface area contributed by atoms with Crippen LogP contribution in [0.5, 0.6) is 5.75 Å². The number of nitrogens with one attached hydrogen (secondary N) is 2. The molecule has 0 saturated heterocycles. The lowest BCUT2D eigenvalue weighted by Gasteiger charge is -2.43. The minimum Gasteiger partial charge on any atom is -0.494 e. The summed E-state index contributed by atoms with van der Waals surface area (Å²) in [6.07, 6.45) is 6.97. The molecular weight excluding hydrogens is 470 g/mol. The lowest BCUT2D eigenvalue weighted by Crippen LogP contribution is -2.65. The molecule has 1 unspecified atom stereocenters. The fourth-order valence-electron chi connectivity index (χ4n) is 5.05.